The van der Waals surface area contributed by atoms with Crippen LogP contribution in [0.3, 0.4) is 0 Å². The molecule has 3 nitrogen and oxygen atoms in total. The van der Waals surface area contributed by atoms with Crippen LogP contribution in [0.15, 0.2) is 0 Å². The first kappa shape index (κ1) is 10.4. The SMILES string of the molecule is CC.CC1CC1NCC(N)=O. The second-order valence-corrected chi connectivity index (χ2v) is 2.67. The molecule has 0 aromatic heterocycles. The molecule has 0 aromatic rings. The van der Waals surface area contributed by atoms with Gasteiger partial charge >= 0.3 is 0 Å². The topological polar surface area (TPSA) is 55.1 Å². The van der Waals surface area contributed by atoms with Gasteiger partial charge in [-0.05, 0) is 12.3 Å². The fraction of sp³-hybridized carbons (Fsp3) is 0.875. The van der Waals surface area contributed by atoms with Gasteiger partial charge in [0, 0.05) is 6.04 Å². The Bertz CT molecular complexity index is 125. The van der Waals surface area contributed by atoms with Crippen LogP contribution in [0.2, 0.25) is 0 Å². The summed E-state index contributed by atoms with van der Waals surface area (Å²) < 4.78 is 0. The van der Waals surface area contributed by atoms with E-state index in [2.05, 4.69) is 12.2 Å². The lowest BCUT2D eigenvalue weighted by Crippen LogP contribution is -2.30. The monoisotopic (exact) mass is 158 g/mol. The van der Waals surface area contributed by atoms with E-state index < -0.39 is 0 Å². The van der Waals surface area contributed by atoms with Crippen LogP contribution < -0.4 is 11.1 Å². The smallest absolute Gasteiger partial charge is 0.231 e. The zero-order valence-electron chi connectivity index (χ0n) is 7.55. The number of hydrogen-bond acceptors (Lipinski definition) is 2. The summed E-state index contributed by atoms with van der Waals surface area (Å²) in [5.74, 6) is 0.471. The van der Waals surface area contributed by atoms with Crippen molar-refractivity contribution >= 4 is 5.91 Å². The number of primary amides is 1. The lowest BCUT2D eigenvalue weighted by atomic mass is 10.5. The summed E-state index contributed by atoms with van der Waals surface area (Å²) in [6.07, 6.45) is 1.19. The van der Waals surface area contributed by atoms with Crippen LogP contribution in [0, 0.1) is 5.92 Å². The van der Waals surface area contributed by atoms with Gasteiger partial charge < -0.3 is 11.1 Å². The molecule has 1 amide bonds. The molecule has 3 N–H and O–H groups in total. The number of hydrogen-bond donors (Lipinski definition) is 2. The number of nitrogens with one attached hydrogen (secondary N) is 1. The van der Waals surface area contributed by atoms with Gasteiger partial charge in [0.05, 0.1) is 6.54 Å². The molecule has 1 fully saturated rings. The van der Waals surface area contributed by atoms with E-state index in [9.17, 15) is 4.79 Å². The molecule has 0 heterocycles. The van der Waals surface area contributed by atoms with Crippen molar-refractivity contribution in [2.75, 3.05) is 6.54 Å². The van der Waals surface area contributed by atoms with Crippen LogP contribution in [0.1, 0.15) is 27.2 Å². The Hall–Kier alpha value is -0.570. The second kappa shape index (κ2) is 5.13. The van der Waals surface area contributed by atoms with Gasteiger partial charge in [-0.3, -0.25) is 4.79 Å². The van der Waals surface area contributed by atoms with Crippen LogP contribution in [-0.2, 0) is 4.79 Å². The van der Waals surface area contributed by atoms with Gasteiger partial charge in [0.1, 0.15) is 0 Å². The summed E-state index contributed by atoms with van der Waals surface area (Å²) in [7, 11) is 0. The lowest BCUT2D eigenvalue weighted by molar-refractivity contribution is -0.117. The molecule has 0 bridgehead atoms. The summed E-state index contributed by atoms with van der Waals surface area (Å²) >= 11 is 0. The zero-order valence-corrected chi connectivity index (χ0v) is 7.55. The Morgan fingerprint density at radius 2 is 2.09 bits per heavy atom. The summed E-state index contributed by atoms with van der Waals surface area (Å²) in [5.41, 5.74) is 4.91. The predicted octanol–water partition coefficient (Wildman–Crippen LogP) is 0.496. The molecule has 0 aliphatic heterocycles. The molecular formula is C8H18N2O. The van der Waals surface area contributed by atoms with Crippen LogP contribution in [0.4, 0.5) is 0 Å². The van der Waals surface area contributed by atoms with Crippen molar-refractivity contribution in [3.63, 3.8) is 0 Å². The minimum absolute atomic E-state index is 0.269. The number of carbonyl (C=O) groups is 1. The molecule has 2 atom stereocenters. The van der Waals surface area contributed by atoms with E-state index in [1.54, 1.807) is 0 Å². The summed E-state index contributed by atoms with van der Waals surface area (Å²) in [6.45, 7) is 6.48. The van der Waals surface area contributed by atoms with Crippen molar-refractivity contribution in [3.05, 3.63) is 0 Å². The van der Waals surface area contributed by atoms with E-state index in [1.165, 1.54) is 6.42 Å². The van der Waals surface area contributed by atoms with Gasteiger partial charge in [-0.25, -0.2) is 0 Å². The first-order valence-corrected chi connectivity index (χ1v) is 4.22. The van der Waals surface area contributed by atoms with Gasteiger partial charge in [0.2, 0.25) is 5.91 Å². The highest BCUT2D eigenvalue weighted by atomic mass is 16.1. The quantitative estimate of drug-likeness (QED) is 0.628. The lowest BCUT2D eigenvalue weighted by Gasteiger charge is -1.96. The minimum atomic E-state index is -0.269. The Kier molecular flexibility index (Phi) is 4.86. The number of amides is 1. The number of rotatable bonds is 3. The number of nitrogens with two attached hydrogens (primary N) is 1. The summed E-state index contributed by atoms with van der Waals surface area (Å²) in [5, 5.41) is 3.03. The Balaban J connectivity index is 0.000000461. The standard InChI is InChI=1S/C6H12N2O.C2H6/c1-4-2-5(4)8-3-6(7)9;1-2/h4-5,8H,2-3H2,1H3,(H2,7,9);1-2H3. The van der Waals surface area contributed by atoms with Gasteiger partial charge in [-0.2, -0.15) is 0 Å². The molecule has 3 heteroatoms. The average molecular weight is 158 g/mol. The third kappa shape index (κ3) is 4.79. The Morgan fingerprint density at radius 1 is 1.64 bits per heavy atom. The van der Waals surface area contributed by atoms with Gasteiger partial charge in [0.25, 0.3) is 0 Å². The largest absolute Gasteiger partial charge is 0.369 e. The summed E-state index contributed by atoms with van der Waals surface area (Å²) in [4.78, 5) is 10.2. The first-order chi connectivity index (χ1) is 5.20. The maximum atomic E-state index is 10.2. The molecule has 1 rings (SSSR count). The van der Waals surface area contributed by atoms with Crippen molar-refractivity contribution < 1.29 is 4.79 Å². The van der Waals surface area contributed by atoms with Crippen molar-refractivity contribution in [1.29, 1.82) is 0 Å². The van der Waals surface area contributed by atoms with Gasteiger partial charge in [-0.15, -0.1) is 0 Å². The van der Waals surface area contributed by atoms with E-state index in [1.807, 2.05) is 13.8 Å². The normalized spacial score (nSPS) is 26.8. The molecule has 1 saturated carbocycles. The molecule has 0 aromatic carbocycles. The molecule has 0 spiro atoms. The third-order valence-electron chi connectivity index (χ3n) is 1.65. The van der Waals surface area contributed by atoms with Crippen molar-refractivity contribution in [2.45, 2.75) is 33.2 Å². The van der Waals surface area contributed by atoms with Crippen LogP contribution in [0.25, 0.3) is 0 Å². The minimum Gasteiger partial charge on any atom is -0.369 e. The molecule has 2 unspecified atom stereocenters. The average Bonchev–Trinajstić information content (AvgIpc) is 2.67. The van der Waals surface area contributed by atoms with Crippen molar-refractivity contribution in [3.8, 4) is 0 Å². The molecule has 11 heavy (non-hydrogen) atoms. The molecular weight excluding hydrogens is 140 g/mol. The van der Waals surface area contributed by atoms with Crippen LogP contribution >= 0.6 is 0 Å². The van der Waals surface area contributed by atoms with Crippen molar-refractivity contribution in [1.82, 2.24) is 5.32 Å². The van der Waals surface area contributed by atoms with E-state index in [0.717, 1.165) is 5.92 Å². The number of carbonyl (C=O) groups excluding carboxylic acids is 1. The Morgan fingerprint density at radius 3 is 2.36 bits per heavy atom. The first-order valence-electron chi connectivity index (χ1n) is 4.22. The fourth-order valence-corrected chi connectivity index (χ4v) is 0.838. The molecule has 66 valence electrons. The van der Waals surface area contributed by atoms with E-state index >= 15 is 0 Å². The summed E-state index contributed by atoms with van der Waals surface area (Å²) in [6, 6.07) is 0.553. The van der Waals surface area contributed by atoms with E-state index in [4.69, 9.17) is 5.73 Å². The molecule has 0 radical (unpaired) electrons. The van der Waals surface area contributed by atoms with Gasteiger partial charge in [0.15, 0.2) is 0 Å². The highest BCUT2D eigenvalue weighted by Gasteiger charge is 2.31. The second-order valence-electron chi connectivity index (χ2n) is 2.67. The highest BCUT2D eigenvalue weighted by molar-refractivity contribution is 5.75. The molecule has 1 aliphatic rings. The van der Waals surface area contributed by atoms with E-state index in [-0.39, 0.29) is 5.91 Å². The van der Waals surface area contributed by atoms with Crippen molar-refractivity contribution in [2.24, 2.45) is 11.7 Å². The van der Waals surface area contributed by atoms with Crippen LogP contribution in [0.5, 0.6) is 0 Å². The van der Waals surface area contributed by atoms with Crippen LogP contribution in [-0.4, -0.2) is 18.5 Å². The Labute approximate surface area is 68.3 Å². The fourth-order valence-electron chi connectivity index (χ4n) is 0.838. The van der Waals surface area contributed by atoms with Gasteiger partial charge in [-0.1, -0.05) is 20.8 Å². The molecule has 0 saturated heterocycles. The zero-order chi connectivity index (χ0) is 8.85. The maximum absolute atomic E-state index is 10.2. The third-order valence-corrected chi connectivity index (χ3v) is 1.65. The predicted molar refractivity (Wildman–Crippen MR) is 46.1 cm³/mol. The maximum Gasteiger partial charge on any atom is 0.231 e. The highest BCUT2D eigenvalue weighted by Crippen LogP contribution is 2.28. The van der Waals surface area contributed by atoms with E-state index in [0.29, 0.717) is 12.6 Å². The molecule has 1 aliphatic carbocycles.